The Morgan fingerprint density at radius 3 is 1.25 bits per heavy atom. The molecular formula is C22H28N4O12P2. The molecule has 0 heterocycles. The first kappa shape index (κ1) is 32.7. The smallest absolute Gasteiger partial charge is 0.321 e. The summed E-state index contributed by atoms with van der Waals surface area (Å²) in [5, 5.41) is 21.7. The zero-order valence-electron chi connectivity index (χ0n) is 21.0. The minimum atomic E-state index is -4.72. The summed E-state index contributed by atoms with van der Waals surface area (Å²) < 4.78 is 22.8. The van der Waals surface area contributed by atoms with Crippen LogP contribution < -0.4 is 20.4 Å². The Morgan fingerprint density at radius 1 is 0.650 bits per heavy atom. The van der Waals surface area contributed by atoms with Gasteiger partial charge >= 0.3 is 15.2 Å². The quantitative estimate of drug-likeness (QED) is 0.0669. The lowest BCUT2D eigenvalue weighted by Gasteiger charge is -2.18. The molecule has 40 heavy (non-hydrogen) atoms. The van der Waals surface area contributed by atoms with Crippen molar-refractivity contribution in [2.24, 2.45) is 0 Å². The Hall–Kier alpha value is -3.52. The molecule has 0 bridgehead atoms. The lowest BCUT2D eigenvalue weighted by molar-refractivity contribution is -0.384. The van der Waals surface area contributed by atoms with Gasteiger partial charge in [0.1, 0.15) is 11.4 Å². The van der Waals surface area contributed by atoms with Gasteiger partial charge in [0.05, 0.1) is 20.5 Å². The second kappa shape index (κ2) is 14.2. The molecule has 16 nitrogen and oxygen atoms in total. The highest BCUT2D eigenvalue weighted by molar-refractivity contribution is 7.60. The summed E-state index contributed by atoms with van der Waals surface area (Å²) in [5.41, 5.74) is -1.39. The van der Waals surface area contributed by atoms with Crippen LogP contribution >= 0.6 is 15.2 Å². The van der Waals surface area contributed by atoms with Gasteiger partial charge in [-0.05, 0) is 37.1 Å². The molecule has 0 aliphatic carbocycles. The van der Waals surface area contributed by atoms with Crippen molar-refractivity contribution in [1.82, 2.24) is 0 Å². The zero-order chi connectivity index (χ0) is 30.1. The summed E-state index contributed by atoms with van der Waals surface area (Å²) in [6.45, 7) is 0.263. The number of nitrogens with zero attached hydrogens (tertiary/aromatic N) is 4. The molecule has 0 saturated heterocycles. The Kier molecular flexibility index (Phi) is 11.6. The number of hydrogen-bond acceptors (Lipinski definition) is 8. The van der Waals surface area contributed by atoms with Crippen LogP contribution in [0.25, 0.3) is 0 Å². The molecule has 218 valence electrons. The van der Waals surface area contributed by atoms with Crippen molar-refractivity contribution in [3.05, 3.63) is 56.6 Å². The molecule has 0 radical (unpaired) electrons. The average Bonchev–Trinajstić information content (AvgIpc) is 2.88. The largest absolute Gasteiger partial charge is 0.356 e. The molecule has 0 unspecified atom stereocenters. The third-order valence-corrected chi connectivity index (χ3v) is 7.81. The van der Waals surface area contributed by atoms with E-state index in [9.17, 15) is 58.5 Å². The molecule has 0 fully saturated rings. The van der Waals surface area contributed by atoms with E-state index in [1.165, 1.54) is 0 Å². The van der Waals surface area contributed by atoms with Crippen LogP contribution in [-0.2, 0) is 18.7 Å². The van der Waals surface area contributed by atoms with Crippen LogP contribution in [0.3, 0.4) is 0 Å². The van der Waals surface area contributed by atoms with Gasteiger partial charge < -0.3 is 29.4 Å². The summed E-state index contributed by atoms with van der Waals surface area (Å²) in [7, 11) is -9.43. The Labute approximate surface area is 227 Å². The number of benzene rings is 2. The molecule has 0 aromatic heterocycles. The van der Waals surface area contributed by atoms with Crippen molar-refractivity contribution in [3.8, 4) is 0 Å². The number of unbranched alkanes of at least 4 members (excludes halogenated alkanes) is 5. The highest BCUT2D eigenvalue weighted by atomic mass is 31.2. The molecule has 0 aliphatic heterocycles. The minimum absolute atomic E-state index is 0.0888. The van der Waals surface area contributed by atoms with Crippen molar-refractivity contribution in [1.29, 1.82) is 0 Å². The molecule has 0 atom stereocenters. The predicted molar refractivity (Wildman–Crippen MR) is 144 cm³/mol. The molecule has 4 N–H and O–H groups in total. The first-order chi connectivity index (χ1) is 18.7. The summed E-state index contributed by atoms with van der Waals surface area (Å²) >= 11 is 0. The maximum Gasteiger partial charge on any atom is 0.356 e. The Morgan fingerprint density at radius 2 is 0.975 bits per heavy atom. The standard InChI is InChI=1S/C22H28N4O12P2/c27-15-23(19-9-7-17(39(33,34)35)13-21(19)25(29)30)11-5-3-1-2-4-6-12-24(16-28)20-10-8-18(40(36,37)38)14-22(20)26(31)32/h7-10,13-16H,1-6,11-12H2,(H2,33,34,35)(H2,36,37,38). The van der Waals surface area contributed by atoms with E-state index in [-0.39, 0.29) is 24.5 Å². The molecule has 0 aliphatic rings. The second-order valence-corrected chi connectivity index (χ2v) is 11.9. The van der Waals surface area contributed by atoms with Crippen LogP contribution in [0.15, 0.2) is 36.4 Å². The van der Waals surface area contributed by atoms with Gasteiger partial charge in [0.15, 0.2) is 0 Å². The van der Waals surface area contributed by atoms with Gasteiger partial charge in [0.2, 0.25) is 12.8 Å². The number of carbonyl (C=O) groups is 2. The van der Waals surface area contributed by atoms with Crippen molar-refractivity contribution in [3.63, 3.8) is 0 Å². The minimum Gasteiger partial charge on any atom is -0.321 e. The number of rotatable bonds is 17. The van der Waals surface area contributed by atoms with Gasteiger partial charge in [0, 0.05) is 25.2 Å². The number of carbonyl (C=O) groups excluding carboxylic acids is 2. The lowest BCUT2D eigenvalue weighted by Crippen LogP contribution is -2.24. The number of anilines is 2. The van der Waals surface area contributed by atoms with E-state index in [0.717, 1.165) is 46.2 Å². The number of nitro groups is 2. The fourth-order valence-corrected chi connectivity index (χ4v) is 5.01. The Bertz CT molecular complexity index is 1240. The van der Waals surface area contributed by atoms with E-state index in [1.54, 1.807) is 0 Å². The molecule has 18 heteroatoms. The van der Waals surface area contributed by atoms with Crippen LogP contribution in [0.4, 0.5) is 22.7 Å². The average molecular weight is 602 g/mol. The van der Waals surface area contributed by atoms with Crippen LogP contribution in [0, 0.1) is 20.2 Å². The third-order valence-electron chi connectivity index (χ3n) is 5.91. The van der Waals surface area contributed by atoms with E-state index >= 15 is 0 Å². The van der Waals surface area contributed by atoms with Crippen LogP contribution in [0.1, 0.15) is 38.5 Å². The number of hydrogen-bond donors (Lipinski definition) is 4. The second-order valence-electron chi connectivity index (χ2n) is 8.67. The van der Waals surface area contributed by atoms with Crippen molar-refractivity contribution in [2.45, 2.75) is 38.5 Å². The molecular weight excluding hydrogens is 574 g/mol. The zero-order valence-corrected chi connectivity index (χ0v) is 22.8. The van der Waals surface area contributed by atoms with E-state index in [0.29, 0.717) is 51.3 Å². The fourth-order valence-electron chi connectivity index (χ4n) is 3.90. The van der Waals surface area contributed by atoms with Crippen molar-refractivity contribution >= 4 is 61.4 Å². The Balaban J connectivity index is 1.86. The van der Waals surface area contributed by atoms with E-state index in [1.807, 2.05) is 0 Å². The summed E-state index contributed by atoms with van der Waals surface area (Å²) in [4.78, 5) is 83.4. The van der Waals surface area contributed by atoms with Crippen LogP contribution in [0.5, 0.6) is 0 Å². The fraction of sp³-hybridized carbons (Fsp3) is 0.364. The molecule has 2 aromatic rings. The molecule has 2 aromatic carbocycles. The monoisotopic (exact) mass is 602 g/mol. The first-order valence-corrected chi connectivity index (χ1v) is 15.1. The molecule has 2 amide bonds. The highest BCUT2D eigenvalue weighted by Gasteiger charge is 2.27. The topological polar surface area (TPSA) is 242 Å². The maximum atomic E-state index is 11.5. The van der Waals surface area contributed by atoms with Gasteiger partial charge in [0.25, 0.3) is 11.4 Å². The SMILES string of the molecule is O=CN(CCCCCCCCN(C=O)c1ccc(P(=O)(O)O)cc1[N+](=O)[O-])c1ccc(P(=O)(O)O)cc1[N+](=O)[O-]. The van der Waals surface area contributed by atoms with Crippen molar-refractivity contribution < 1.29 is 48.1 Å². The number of nitro benzene ring substituents is 2. The summed E-state index contributed by atoms with van der Waals surface area (Å²) in [5.74, 6) is 0. The third kappa shape index (κ3) is 9.01. The van der Waals surface area contributed by atoms with Gasteiger partial charge in [-0.2, -0.15) is 0 Å². The lowest BCUT2D eigenvalue weighted by atomic mass is 10.1. The van der Waals surface area contributed by atoms with E-state index in [4.69, 9.17) is 0 Å². The molecule has 0 saturated carbocycles. The van der Waals surface area contributed by atoms with Gasteiger partial charge in [-0.3, -0.25) is 38.9 Å². The van der Waals surface area contributed by atoms with Gasteiger partial charge in [-0.1, -0.05) is 25.7 Å². The molecule has 0 spiro atoms. The highest BCUT2D eigenvalue weighted by Crippen LogP contribution is 2.38. The summed E-state index contributed by atoms with van der Waals surface area (Å²) in [6.07, 6.45) is 4.48. The van der Waals surface area contributed by atoms with E-state index in [2.05, 4.69) is 0 Å². The van der Waals surface area contributed by atoms with E-state index < -0.39 is 47.0 Å². The molecule has 2 rings (SSSR count). The number of amides is 2. The van der Waals surface area contributed by atoms with Crippen LogP contribution in [-0.4, -0.2) is 55.3 Å². The van der Waals surface area contributed by atoms with Crippen molar-refractivity contribution in [2.75, 3.05) is 22.9 Å². The van der Waals surface area contributed by atoms with Gasteiger partial charge in [-0.25, -0.2) is 0 Å². The van der Waals surface area contributed by atoms with Gasteiger partial charge in [-0.15, -0.1) is 0 Å². The normalized spacial score (nSPS) is 11.6. The van der Waals surface area contributed by atoms with Crippen LogP contribution in [0.2, 0.25) is 0 Å². The maximum absolute atomic E-state index is 11.5. The summed E-state index contributed by atoms with van der Waals surface area (Å²) in [6, 6.07) is 5.78. The predicted octanol–water partition coefficient (Wildman–Crippen LogP) is 2.08. The first-order valence-electron chi connectivity index (χ1n) is 11.8.